The summed E-state index contributed by atoms with van der Waals surface area (Å²) in [5.41, 5.74) is 5.64. The van der Waals surface area contributed by atoms with Gasteiger partial charge in [0.15, 0.2) is 5.96 Å². The van der Waals surface area contributed by atoms with E-state index in [0.717, 1.165) is 19.4 Å². The number of para-hydroxylation sites is 1. The third kappa shape index (κ3) is 6.99. The lowest BCUT2D eigenvalue weighted by Crippen LogP contribution is -2.47. The molecule has 1 unspecified atom stereocenters. The second kappa shape index (κ2) is 9.48. The summed E-state index contributed by atoms with van der Waals surface area (Å²) >= 11 is 0. The lowest BCUT2D eigenvalue weighted by Gasteiger charge is -2.34. The van der Waals surface area contributed by atoms with Crippen LogP contribution >= 0.6 is 0 Å². The molecule has 0 aliphatic carbocycles. The lowest BCUT2D eigenvalue weighted by atomic mass is 9.95. The molecule has 0 aromatic heterocycles. The van der Waals surface area contributed by atoms with Crippen LogP contribution < -0.4 is 15.8 Å². The fourth-order valence-corrected chi connectivity index (χ4v) is 3.15. The number of piperidine rings is 1. The van der Waals surface area contributed by atoms with Crippen molar-refractivity contribution < 1.29 is 22.7 Å². The minimum absolute atomic E-state index is 0.0472. The number of hydrogen-bond acceptors (Lipinski definition) is 3. The fourth-order valence-electron chi connectivity index (χ4n) is 3.15. The molecule has 0 saturated carbocycles. The number of nitrogens with zero attached hydrogens (tertiary/aromatic N) is 2. The van der Waals surface area contributed by atoms with Gasteiger partial charge in [-0.05, 0) is 31.7 Å². The van der Waals surface area contributed by atoms with Gasteiger partial charge in [0.1, 0.15) is 5.75 Å². The Balaban J connectivity index is 2.13. The van der Waals surface area contributed by atoms with Crippen LogP contribution in [-0.2, 0) is 11.3 Å². The summed E-state index contributed by atoms with van der Waals surface area (Å²) in [4.78, 5) is 17.7. The molecule has 1 fully saturated rings. The van der Waals surface area contributed by atoms with Crippen LogP contribution in [0, 0.1) is 5.92 Å². The first kappa shape index (κ1) is 20.9. The highest BCUT2D eigenvalue weighted by molar-refractivity contribution is 5.80. The Morgan fingerprint density at radius 1 is 1.41 bits per heavy atom. The summed E-state index contributed by atoms with van der Waals surface area (Å²) in [6.07, 6.45) is -2.62. The normalized spacial score (nSPS) is 18.3. The van der Waals surface area contributed by atoms with Crippen molar-refractivity contribution in [3.63, 3.8) is 0 Å². The molecule has 1 heterocycles. The second-order valence-corrected chi connectivity index (χ2v) is 6.45. The van der Waals surface area contributed by atoms with Crippen LogP contribution in [0.3, 0.4) is 0 Å². The molecule has 6 nitrogen and oxygen atoms in total. The van der Waals surface area contributed by atoms with Crippen LogP contribution in [0.1, 0.15) is 31.7 Å². The van der Waals surface area contributed by atoms with E-state index < -0.39 is 6.36 Å². The van der Waals surface area contributed by atoms with E-state index in [1.807, 2.05) is 11.8 Å². The fraction of sp³-hybridized carbons (Fsp3) is 0.556. The van der Waals surface area contributed by atoms with E-state index in [1.165, 1.54) is 12.1 Å². The van der Waals surface area contributed by atoms with Crippen LogP contribution in [-0.4, -0.2) is 42.8 Å². The number of halogens is 3. The van der Waals surface area contributed by atoms with Gasteiger partial charge < -0.3 is 20.7 Å². The number of carbonyl (C=O) groups is 1. The van der Waals surface area contributed by atoms with Crippen molar-refractivity contribution in [2.24, 2.45) is 16.6 Å². The number of nitrogens with one attached hydrogen (secondary N) is 1. The van der Waals surface area contributed by atoms with E-state index in [-0.39, 0.29) is 24.1 Å². The quantitative estimate of drug-likeness (QED) is 0.582. The average molecular weight is 386 g/mol. The van der Waals surface area contributed by atoms with E-state index in [9.17, 15) is 18.0 Å². The molecular weight excluding hydrogens is 361 g/mol. The molecule has 1 amide bonds. The van der Waals surface area contributed by atoms with Gasteiger partial charge in [0, 0.05) is 31.6 Å². The van der Waals surface area contributed by atoms with Crippen molar-refractivity contribution in [3.05, 3.63) is 29.8 Å². The largest absolute Gasteiger partial charge is 0.573 e. The van der Waals surface area contributed by atoms with Crippen LogP contribution in [0.15, 0.2) is 29.3 Å². The molecule has 0 bridgehead atoms. The van der Waals surface area contributed by atoms with Gasteiger partial charge in [-0.3, -0.25) is 4.79 Å². The molecule has 1 atom stereocenters. The molecule has 1 aliphatic rings. The Morgan fingerprint density at radius 3 is 2.81 bits per heavy atom. The van der Waals surface area contributed by atoms with Gasteiger partial charge in [-0.2, -0.15) is 0 Å². The first-order valence-electron chi connectivity index (χ1n) is 8.93. The van der Waals surface area contributed by atoms with Gasteiger partial charge in [0.05, 0.1) is 6.54 Å². The predicted molar refractivity (Wildman–Crippen MR) is 96.0 cm³/mol. The highest BCUT2D eigenvalue weighted by Gasteiger charge is 2.32. The number of hydrogen-bond donors (Lipinski definition) is 2. The maximum atomic E-state index is 12.6. The summed E-state index contributed by atoms with van der Waals surface area (Å²) in [7, 11) is 0. The number of guanidine groups is 1. The molecule has 150 valence electrons. The number of primary amides is 1. The number of benzene rings is 1. The highest BCUT2D eigenvalue weighted by atomic mass is 19.4. The SMILES string of the molecule is CCNC(=NCc1ccccc1OC(F)(F)F)N1CCCC(CC(N)=O)C1. The number of rotatable bonds is 6. The van der Waals surface area contributed by atoms with E-state index in [2.05, 4.69) is 15.0 Å². The van der Waals surface area contributed by atoms with Gasteiger partial charge in [0.25, 0.3) is 0 Å². The van der Waals surface area contributed by atoms with Crippen molar-refractivity contribution in [1.82, 2.24) is 10.2 Å². The molecule has 1 aromatic rings. The van der Waals surface area contributed by atoms with Gasteiger partial charge >= 0.3 is 6.36 Å². The molecule has 0 radical (unpaired) electrons. The first-order chi connectivity index (χ1) is 12.8. The highest BCUT2D eigenvalue weighted by Crippen LogP contribution is 2.27. The summed E-state index contributed by atoms with van der Waals surface area (Å²) in [6.45, 7) is 3.99. The minimum Gasteiger partial charge on any atom is -0.405 e. The zero-order chi connectivity index (χ0) is 19.9. The summed E-state index contributed by atoms with van der Waals surface area (Å²) < 4.78 is 41.8. The minimum atomic E-state index is -4.75. The average Bonchev–Trinajstić information content (AvgIpc) is 2.58. The molecule has 1 aromatic carbocycles. The molecule has 27 heavy (non-hydrogen) atoms. The molecule has 9 heteroatoms. The van der Waals surface area contributed by atoms with Gasteiger partial charge in [-0.25, -0.2) is 4.99 Å². The molecule has 0 spiro atoms. The number of carbonyl (C=O) groups excluding carboxylic acids is 1. The Hall–Kier alpha value is -2.45. The van der Waals surface area contributed by atoms with Gasteiger partial charge in [-0.15, -0.1) is 13.2 Å². The topological polar surface area (TPSA) is 80.0 Å². The Labute approximate surface area is 156 Å². The maximum Gasteiger partial charge on any atom is 0.573 e. The smallest absolute Gasteiger partial charge is 0.405 e. The lowest BCUT2D eigenvalue weighted by molar-refractivity contribution is -0.274. The van der Waals surface area contributed by atoms with Gasteiger partial charge in [-0.1, -0.05) is 18.2 Å². The zero-order valence-corrected chi connectivity index (χ0v) is 15.3. The van der Waals surface area contributed by atoms with E-state index in [1.54, 1.807) is 12.1 Å². The molecule has 1 aliphatic heterocycles. The third-order valence-electron chi connectivity index (χ3n) is 4.24. The van der Waals surface area contributed by atoms with E-state index in [4.69, 9.17) is 5.73 Å². The first-order valence-corrected chi connectivity index (χ1v) is 8.93. The summed E-state index contributed by atoms with van der Waals surface area (Å²) in [6, 6.07) is 5.96. The Kier molecular flexibility index (Phi) is 7.32. The van der Waals surface area contributed by atoms with Crippen molar-refractivity contribution >= 4 is 11.9 Å². The van der Waals surface area contributed by atoms with E-state index in [0.29, 0.717) is 31.0 Å². The third-order valence-corrected chi connectivity index (χ3v) is 4.24. The number of alkyl halides is 3. The van der Waals surface area contributed by atoms with E-state index >= 15 is 0 Å². The number of ether oxygens (including phenoxy) is 1. The molecule has 3 N–H and O–H groups in total. The van der Waals surface area contributed by atoms with Crippen molar-refractivity contribution in [2.45, 2.75) is 39.1 Å². The standard InChI is InChI=1S/C18H25F3N4O2/c1-2-23-17(25-9-5-6-13(12-25)10-16(22)26)24-11-14-7-3-4-8-15(14)27-18(19,20)21/h3-4,7-8,13H,2,5-6,9-12H2,1H3,(H2,22,26)(H,23,24). The van der Waals surface area contributed by atoms with Crippen LogP contribution in [0.2, 0.25) is 0 Å². The predicted octanol–water partition coefficient (Wildman–Crippen LogP) is 2.64. The number of likely N-dealkylation sites (tertiary alicyclic amines) is 1. The number of amides is 1. The maximum absolute atomic E-state index is 12.6. The second-order valence-electron chi connectivity index (χ2n) is 6.45. The summed E-state index contributed by atoms with van der Waals surface area (Å²) in [5, 5.41) is 3.16. The van der Waals surface area contributed by atoms with Crippen LogP contribution in [0.25, 0.3) is 0 Å². The molecule has 1 saturated heterocycles. The van der Waals surface area contributed by atoms with Crippen molar-refractivity contribution in [2.75, 3.05) is 19.6 Å². The van der Waals surface area contributed by atoms with Crippen LogP contribution in [0.4, 0.5) is 13.2 Å². The summed E-state index contributed by atoms with van der Waals surface area (Å²) in [5.74, 6) is 0.173. The monoisotopic (exact) mass is 386 g/mol. The Morgan fingerprint density at radius 2 is 2.15 bits per heavy atom. The van der Waals surface area contributed by atoms with Crippen molar-refractivity contribution in [1.29, 1.82) is 0 Å². The van der Waals surface area contributed by atoms with Crippen molar-refractivity contribution in [3.8, 4) is 5.75 Å². The zero-order valence-electron chi connectivity index (χ0n) is 15.3. The van der Waals surface area contributed by atoms with Crippen LogP contribution in [0.5, 0.6) is 5.75 Å². The van der Waals surface area contributed by atoms with Gasteiger partial charge in [0.2, 0.25) is 5.91 Å². The molecular formula is C18H25F3N4O2. The number of aliphatic imine (C=N–C) groups is 1. The molecule has 2 rings (SSSR count). The number of nitrogens with two attached hydrogens (primary N) is 1. The Bertz CT molecular complexity index is 664.